The Morgan fingerprint density at radius 1 is 1.20 bits per heavy atom. The number of benzene rings is 1. The first-order valence-electron chi connectivity index (χ1n) is 9.48. The number of halogens is 1. The molecule has 0 aliphatic carbocycles. The van der Waals surface area contributed by atoms with Crippen LogP contribution in [0.2, 0.25) is 0 Å². The van der Waals surface area contributed by atoms with Crippen LogP contribution in [0, 0.1) is 0 Å². The van der Waals surface area contributed by atoms with E-state index in [2.05, 4.69) is 20.9 Å². The van der Waals surface area contributed by atoms with Crippen molar-refractivity contribution in [2.24, 2.45) is 4.99 Å². The van der Waals surface area contributed by atoms with Crippen LogP contribution in [0.1, 0.15) is 39.2 Å². The molecule has 0 saturated carbocycles. The van der Waals surface area contributed by atoms with Crippen LogP contribution in [0.4, 0.5) is 0 Å². The Balaban J connectivity index is 2.53. The zero-order chi connectivity index (χ0) is 22.3. The van der Waals surface area contributed by atoms with E-state index in [0.29, 0.717) is 39.5 Å². The van der Waals surface area contributed by atoms with Gasteiger partial charge in [-0.3, -0.25) is 4.79 Å². The number of carbonyl (C=O) groups excluding carboxylic acids is 2. The fourth-order valence-electron chi connectivity index (χ4n) is 2.61. The summed E-state index contributed by atoms with van der Waals surface area (Å²) in [4.78, 5) is 28.8. The van der Waals surface area contributed by atoms with Crippen molar-refractivity contribution in [1.82, 2.24) is 0 Å². The lowest BCUT2D eigenvalue weighted by molar-refractivity contribution is -0.138. The van der Waals surface area contributed by atoms with Crippen LogP contribution >= 0.6 is 27.7 Å². The van der Waals surface area contributed by atoms with E-state index in [-0.39, 0.29) is 35.3 Å². The Bertz CT molecular complexity index is 922. The van der Waals surface area contributed by atoms with Crippen molar-refractivity contribution < 1.29 is 28.9 Å². The normalized spacial score (nSPS) is 16.3. The maximum atomic E-state index is 12.4. The van der Waals surface area contributed by atoms with Gasteiger partial charge in [-0.05, 0) is 44.0 Å². The van der Waals surface area contributed by atoms with Crippen LogP contribution in [0.5, 0.6) is 11.5 Å². The van der Waals surface area contributed by atoms with E-state index in [0.717, 1.165) is 11.8 Å². The predicted molar refractivity (Wildman–Crippen MR) is 121 cm³/mol. The molecule has 0 fully saturated rings. The highest BCUT2D eigenvalue weighted by Crippen LogP contribution is 2.41. The minimum atomic E-state index is -0.724. The largest absolute Gasteiger partial charge is 0.506 e. The minimum Gasteiger partial charge on any atom is -0.506 e. The zero-order valence-electron chi connectivity index (χ0n) is 17.3. The summed E-state index contributed by atoms with van der Waals surface area (Å²) in [5.74, 6) is -0.261. The number of aliphatic hydroxyl groups is 1. The summed E-state index contributed by atoms with van der Waals surface area (Å²) in [6, 6.07) is 3.51. The van der Waals surface area contributed by atoms with E-state index in [4.69, 9.17) is 14.2 Å². The second-order valence-corrected chi connectivity index (χ2v) is 7.96. The molecule has 1 N–H and O–H groups in total. The van der Waals surface area contributed by atoms with E-state index >= 15 is 0 Å². The molecule has 0 spiro atoms. The maximum Gasteiger partial charge on any atom is 0.344 e. The number of carbonyl (C=O) groups is 2. The van der Waals surface area contributed by atoms with Crippen LogP contribution in [0.3, 0.4) is 0 Å². The number of aliphatic imine (C=N–C) groups is 1. The van der Waals surface area contributed by atoms with Gasteiger partial charge in [0.05, 0.1) is 25.2 Å². The van der Waals surface area contributed by atoms with E-state index in [1.807, 2.05) is 13.8 Å². The van der Waals surface area contributed by atoms with Crippen molar-refractivity contribution in [2.45, 2.75) is 33.6 Å². The highest BCUT2D eigenvalue weighted by Gasteiger charge is 2.34. The Morgan fingerprint density at radius 3 is 2.53 bits per heavy atom. The fourth-order valence-corrected chi connectivity index (χ4v) is 4.06. The Hall–Kier alpha value is -2.26. The van der Waals surface area contributed by atoms with E-state index < -0.39 is 5.97 Å². The molecule has 7 nitrogen and oxygen atoms in total. The zero-order valence-corrected chi connectivity index (χ0v) is 19.7. The quantitative estimate of drug-likeness (QED) is 0.502. The molecule has 1 aromatic carbocycles. The predicted octanol–water partition coefficient (Wildman–Crippen LogP) is 5.04. The molecule has 0 saturated heterocycles. The third-order valence-electron chi connectivity index (χ3n) is 3.93. The van der Waals surface area contributed by atoms with Gasteiger partial charge in [0.15, 0.2) is 11.5 Å². The van der Waals surface area contributed by atoms with Gasteiger partial charge in [-0.2, -0.15) is 0 Å². The number of nitrogens with zero attached hydrogens (tertiary/aromatic N) is 1. The SMILES string of the molecule is CCCC(=O)N=C1S/C(=C\c2cc(OCC)c(OC)cc2Br)C(O)=C1C(=O)OCC. The van der Waals surface area contributed by atoms with Gasteiger partial charge in [-0.1, -0.05) is 34.6 Å². The van der Waals surface area contributed by atoms with Gasteiger partial charge in [0.2, 0.25) is 5.91 Å². The summed E-state index contributed by atoms with van der Waals surface area (Å²) in [7, 11) is 1.55. The molecule has 0 bridgehead atoms. The van der Waals surface area contributed by atoms with E-state index in [9.17, 15) is 14.7 Å². The van der Waals surface area contributed by atoms with Crippen LogP contribution < -0.4 is 9.47 Å². The van der Waals surface area contributed by atoms with Crippen molar-refractivity contribution in [3.63, 3.8) is 0 Å². The number of hydrogen-bond acceptors (Lipinski definition) is 7. The molecule has 2 rings (SSSR count). The van der Waals surface area contributed by atoms with Gasteiger partial charge >= 0.3 is 5.97 Å². The highest BCUT2D eigenvalue weighted by atomic mass is 79.9. The van der Waals surface area contributed by atoms with Gasteiger partial charge < -0.3 is 19.3 Å². The van der Waals surface area contributed by atoms with Gasteiger partial charge in [0, 0.05) is 10.9 Å². The Morgan fingerprint density at radius 2 is 1.93 bits per heavy atom. The summed E-state index contributed by atoms with van der Waals surface area (Å²) in [5, 5.41) is 10.8. The molecule has 0 radical (unpaired) electrons. The van der Waals surface area contributed by atoms with Gasteiger partial charge in [0.25, 0.3) is 0 Å². The molecule has 1 heterocycles. The van der Waals surface area contributed by atoms with Crippen molar-refractivity contribution in [1.29, 1.82) is 0 Å². The van der Waals surface area contributed by atoms with Crippen molar-refractivity contribution >= 4 is 50.7 Å². The molecule has 9 heteroatoms. The summed E-state index contributed by atoms with van der Waals surface area (Å²) in [5.41, 5.74) is 0.588. The average Bonchev–Trinajstić information content (AvgIpc) is 2.99. The van der Waals surface area contributed by atoms with Crippen molar-refractivity contribution in [3.05, 3.63) is 38.4 Å². The maximum absolute atomic E-state index is 12.4. The number of thioether (sulfide) groups is 1. The van der Waals surface area contributed by atoms with Gasteiger partial charge in [0.1, 0.15) is 16.4 Å². The van der Waals surface area contributed by atoms with Crippen LogP contribution in [-0.4, -0.2) is 42.4 Å². The second kappa shape index (κ2) is 11.2. The molecule has 162 valence electrons. The third-order valence-corrected chi connectivity index (χ3v) is 5.64. The number of esters is 1. The third kappa shape index (κ3) is 5.66. The van der Waals surface area contributed by atoms with Crippen molar-refractivity contribution in [2.75, 3.05) is 20.3 Å². The summed E-state index contributed by atoms with van der Waals surface area (Å²) in [6.07, 6.45) is 2.56. The van der Waals surface area contributed by atoms with Gasteiger partial charge in [-0.25, -0.2) is 9.79 Å². The molecule has 0 unspecified atom stereocenters. The molecule has 1 aliphatic heterocycles. The standard InChI is InChI=1S/C21H24BrNO6S/c1-5-8-17(24)23-20-18(21(26)29-7-3)19(25)16(30-20)10-12-9-15(28-6-2)14(27-4)11-13(12)22/h9-11,25H,5-8H2,1-4H3/b16-10-,23-20?. The lowest BCUT2D eigenvalue weighted by Crippen LogP contribution is -2.14. The number of ether oxygens (including phenoxy) is 3. The van der Waals surface area contributed by atoms with Crippen LogP contribution in [-0.2, 0) is 14.3 Å². The summed E-state index contributed by atoms with van der Waals surface area (Å²) in [6.45, 7) is 5.98. The molecular formula is C21H24BrNO6S. The first kappa shape index (κ1) is 24.0. The molecule has 30 heavy (non-hydrogen) atoms. The number of methoxy groups -OCH3 is 1. The number of rotatable bonds is 8. The van der Waals surface area contributed by atoms with E-state index in [1.165, 1.54) is 0 Å². The smallest absolute Gasteiger partial charge is 0.344 e. The first-order chi connectivity index (χ1) is 14.4. The lowest BCUT2D eigenvalue weighted by atomic mass is 10.1. The van der Waals surface area contributed by atoms with Crippen LogP contribution in [0.25, 0.3) is 6.08 Å². The van der Waals surface area contributed by atoms with Gasteiger partial charge in [-0.15, -0.1) is 0 Å². The first-order valence-corrected chi connectivity index (χ1v) is 11.1. The molecule has 1 aliphatic rings. The number of amides is 1. The lowest BCUT2D eigenvalue weighted by Gasteiger charge is -2.12. The monoisotopic (exact) mass is 497 g/mol. The summed E-state index contributed by atoms with van der Waals surface area (Å²) >= 11 is 4.52. The fraction of sp³-hybridized carbons (Fsp3) is 0.381. The molecular weight excluding hydrogens is 474 g/mol. The minimum absolute atomic E-state index is 0.104. The molecule has 1 amide bonds. The second-order valence-electron chi connectivity index (χ2n) is 6.07. The number of hydrogen-bond donors (Lipinski definition) is 1. The summed E-state index contributed by atoms with van der Waals surface area (Å²) < 4.78 is 16.7. The molecule has 0 atom stereocenters. The van der Waals surface area contributed by atoms with Crippen LogP contribution in [0.15, 0.2) is 37.8 Å². The topological polar surface area (TPSA) is 94.4 Å². The Kier molecular flexibility index (Phi) is 8.98. The molecule has 0 aromatic heterocycles. The average molecular weight is 498 g/mol. The highest BCUT2D eigenvalue weighted by molar-refractivity contribution is 9.10. The molecule has 1 aromatic rings. The number of aliphatic hydroxyl groups excluding tert-OH is 1. The van der Waals surface area contributed by atoms with E-state index in [1.54, 1.807) is 32.2 Å². The Labute approximate surface area is 188 Å². The van der Waals surface area contributed by atoms with Crippen molar-refractivity contribution in [3.8, 4) is 11.5 Å².